The van der Waals surface area contributed by atoms with Crippen LogP contribution in [0.1, 0.15) is 52.4 Å². The first-order valence-corrected chi connectivity index (χ1v) is 7.16. The molecule has 0 heterocycles. The average Bonchev–Trinajstić information content (AvgIpc) is 2.41. The molecule has 1 unspecified atom stereocenters. The molecule has 1 aliphatic rings. The molecule has 0 aliphatic heterocycles. The normalized spacial score (nSPS) is 30.9. The van der Waals surface area contributed by atoms with Crippen LogP contribution in [0.5, 0.6) is 0 Å². The number of aliphatic hydroxyl groups is 1. The molecule has 0 bridgehead atoms. The summed E-state index contributed by atoms with van der Waals surface area (Å²) in [4.78, 5) is 0. The highest BCUT2D eigenvalue weighted by atomic mass is 16.7. The molecule has 0 aromatic heterocycles. The summed E-state index contributed by atoms with van der Waals surface area (Å²) in [6.45, 7) is 3.85. The Hall–Kier alpha value is -0.630. The van der Waals surface area contributed by atoms with E-state index in [-0.39, 0.29) is 0 Å². The highest BCUT2D eigenvalue weighted by Gasteiger charge is 2.54. The maximum Gasteiger partial charge on any atom is 0.186 e. The topological polar surface area (TPSA) is 62.5 Å². The standard InChI is InChI=1S/C15H27NO3/c1-5-6-12-7-9-15(11-16,10-8-12)14(2,17)13(18-3)19-4/h12-13,17H,5-10H2,1-4H3. The lowest BCUT2D eigenvalue weighted by Gasteiger charge is -2.47. The van der Waals surface area contributed by atoms with Crippen molar-refractivity contribution in [1.82, 2.24) is 0 Å². The van der Waals surface area contributed by atoms with Gasteiger partial charge in [-0.1, -0.05) is 19.8 Å². The van der Waals surface area contributed by atoms with Crippen molar-refractivity contribution in [2.24, 2.45) is 11.3 Å². The van der Waals surface area contributed by atoms with E-state index in [4.69, 9.17) is 9.47 Å². The number of nitriles is 1. The van der Waals surface area contributed by atoms with Crippen molar-refractivity contribution in [2.45, 2.75) is 64.3 Å². The second kappa shape index (κ2) is 6.69. The Bertz CT molecular complexity index is 310. The van der Waals surface area contributed by atoms with Crippen molar-refractivity contribution in [3.63, 3.8) is 0 Å². The van der Waals surface area contributed by atoms with Gasteiger partial charge in [0, 0.05) is 14.2 Å². The molecule has 19 heavy (non-hydrogen) atoms. The lowest BCUT2D eigenvalue weighted by Crippen LogP contribution is -2.56. The molecule has 1 rings (SSSR count). The quantitative estimate of drug-likeness (QED) is 0.753. The minimum absolute atomic E-state index is 0.686. The summed E-state index contributed by atoms with van der Waals surface area (Å²) < 4.78 is 10.4. The predicted molar refractivity (Wildman–Crippen MR) is 73.3 cm³/mol. The van der Waals surface area contributed by atoms with Crippen LogP contribution in [0.25, 0.3) is 0 Å². The highest BCUT2D eigenvalue weighted by Crippen LogP contribution is 2.48. The molecular formula is C15H27NO3. The van der Waals surface area contributed by atoms with Crippen molar-refractivity contribution in [3.05, 3.63) is 0 Å². The van der Waals surface area contributed by atoms with Crippen LogP contribution in [0.15, 0.2) is 0 Å². The van der Waals surface area contributed by atoms with Gasteiger partial charge < -0.3 is 14.6 Å². The van der Waals surface area contributed by atoms with E-state index in [9.17, 15) is 10.4 Å². The first-order chi connectivity index (χ1) is 8.97. The second-order valence-corrected chi connectivity index (χ2v) is 5.88. The van der Waals surface area contributed by atoms with Gasteiger partial charge in [-0.2, -0.15) is 5.26 Å². The monoisotopic (exact) mass is 269 g/mol. The number of nitrogens with zero attached hydrogens (tertiary/aromatic N) is 1. The van der Waals surface area contributed by atoms with Crippen molar-refractivity contribution in [1.29, 1.82) is 5.26 Å². The minimum Gasteiger partial charge on any atom is -0.383 e. The number of methoxy groups -OCH3 is 2. The molecule has 4 nitrogen and oxygen atoms in total. The van der Waals surface area contributed by atoms with Gasteiger partial charge in [-0.25, -0.2) is 0 Å². The van der Waals surface area contributed by atoms with Gasteiger partial charge in [-0.05, 0) is 38.5 Å². The first-order valence-electron chi connectivity index (χ1n) is 7.16. The molecule has 0 spiro atoms. The zero-order chi connectivity index (χ0) is 14.5. The zero-order valence-corrected chi connectivity index (χ0v) is 12.6. The summed E-state index contributed by atoms with van der Waals surface area (Å²) >= 11 is 0. The van der Waals surface area contributed by atoms with Gasteiger partial charge in [-0.15, -0.1) is 0 Å². The Labute approximate surface area is 116 Å². The van der Waals surface area contributed by atoms with Crippen LogP contribution in [0.3, 0.4) is 0 Å². The van der Waals surface area contributed by atoms with E-state index in [0.717, 1.165) is 12.8 Å². The van der Waals surface area contributed by atoms with Crippen LogP contribution in [-0.4, -0.2) is 31.2 Å². The third-order valence-corrected chi connectivity index (χ3v) is 4.73. The Balaban J connectivity index is 2.86. The molecule has 0 amide bonds. The number of hydrogen-bond acceptors (Lipinski definition) is 4. The van der Waals surface area contributed by atoms with Gasteiger partial charge in [0.25, 0.3) is 0 Å². The summed E-state index contributed by atoms with van der Waals surface area (Å²) in [5, 5.41) is 20.4. The number of hydrogen-bond donors (Lipinski definition) is 1. The van der Waals surface area contributed by atoms with Crippen LogP contribution in [-0.2, 0) is 9.47 Å². The van der Waals surface area contributed by atoms with Crippen molar-refractivity contribution < 1.29 is 14.6 Å². The van der Waals surface area contributed by atoms with Gasteiger partial charge in [0.1, 0.15) is 5.60 Å². The van der Waals surface area contributed by atoms with Gasteiger partial charge in [0.2, 0.25) is 0 Å². The summed E-state index contributed by atoms with van der Waals surface area (Å²) in [5.41, 5.74) is -2.06. The van der Waals surface area contributed by atoms with Crippen LogP contribution in [0.2, 0.25) is 0 Å². The van der Waals surface area contributed by atoms with E-state index in [2.05, 4.69) is 13.0 Å². The summed E-state index contributed by atoms with van der Waals surface area (Å²) in [6, 6.07) is 2.36. The Kier molecular flexibility index (Phi) is 5.79. The van der Waals surface area contributed by atoms with E-state index >= 15 is 0 Å². The molecule has 1 aliphatic carbocycles. The summed E-state index contributed by atoms with van der Waals surface area (Å²) in [5.74, 6) is 0.686. The maximum atomic E-state index is 10.8. The third kappa shape index (κ3) is 3.10. The highest BCUT2D eigenvalue weighted by molar-refractivity contribution is 5.12. The van der Waals surface area contributed by atoms with Crippen molar-refractivity contribution in [3.8, 4) is 6.07 Å². The SMILES string of the molecule is CCCC1CCC(C#N)(C(C)(O)C(OC)OC)CC1. The smallest absolute Gasteiger partial charge is 0.186 e. The zero-order valence-electron chi connectivity index (χ0n) is 12.6. The lowest BCUT2D eigenvalue weighted by molar-refractivity contribution is -0.246. The van der Waals surface area contributed by atoms with Crippen LogP contribution < -0.4 is 0 Å². The van der Waals surface area contributed by atoms with Crippen LogP contribution >= 0.6 is 0 Å². The van der Waals surface area contributed by atoms with E-state index in [1.165, 1.54) is 27.1 Å². The molecule has 1 N–H and O–H groups in total. The molecule has 1 fully saturated rings. The molecule has 1 saturated carbocycles. The van der Waals surface area contributed by atoms with E-state index in [1.54, 1.807) is 6.92 Å². The number of ether oxygens (including phenoxy) is 2. The van der Waals surface area contributed by atoms with Crippen molar-refractivity contribution >= 4 is 0 Å². The van der Waals surface area contributed by atoms with Gasteiger partial charge in [-0.3, -0.25) is 0 Å². The molecule has 1 atom stereocenters. The average molecular weight is 269 g/mol. The van der Waals surface area contributed by atoms with Gasteiger partial charge >= 0.3 is 0 Å². The molecule has 0 aromatic carbocycles. The molecule has 0 radical (unpaired) electrons. The van der Waals surface area contributed by atoms with Gasteiger partial charge in [0.05, 0.1) is 11.5 Å². The largest absolute Gasteiger partial charge is 0.383 e. The van der Waals surface area contributed by atoms with Crippen molar-refractivity contribution in [2.75, 3.05) is 14.2 Å². The van der Waals surface area contributed by atoms with E-state index < -0.39 is 17.3 Å². The minimum atomic E-state index is -1.29. The van der Waals surface area contributed by atoms with Crippen LogP contribution in [0, 0.1) is 22.7 Å². The molecule has 0 aromatic rings. The Morgan fingerprint density at radius 1 is 1.37 bits per heavy atom. The van der Waals surface area contributed by atoms with E-state index in [0.29, 0.717) is 18.8 Å². The molecule has 4 heteroatoms. The van der Waals surface area contributed by atoms with E-state index in [1.807, 2.05) is 0 Å². The fourth-order valence-electron chi connectivity index (χ4n) is 3.38. The van der Waals surface area contributed by atoms with Gasteiger partial charge in [0.15, 0.2) is 6.29 Å². The molecular weight excluding hydrogens is 242 g/mol. The fourth-order valence-corrected chi connectivity index (χ4v) is 3.38. The fraction of sp³-hybridized carbons (Fsp3) is 0.933. The number of rotatable bonds is 6. The summed E-state index contributed by atoms with van der Waals surface area (Å²) in [6.07, 6.45) is 5.04. The second-order valence-electron chi connectivity index (χ2n) is 5.88. The summed E-state index contributed by atoms with van der Waals surface area (Å²) in [7, 11) is 2.99. The predicted octanol–water partition coefficient (Wildman–Crippen LogP) is 2.86. The maximum absolute atomic E-state index is 10.8. The molecule has 110 valence electrons. The van der Waals surface area contributed by atoms with Crippen LogP contribution in [0.4, 0.5) is 0 Å². The Morgan fingerprint density at radius 3 is 2.26 bits per heavy atom. The third-order valence-electron chi connectivity index (χ3n) is 4.73. The Morgan fingerprint density at radius 2 is 1.89 bits per heavy atom. The first kappa shape index (κ1) is 16.4. The molecule has 0 saturated heterocycles. The lowest BCUT2D eigenvalue weighted by atomic mass is 9.62.